The zero-order chi connectivity index (χ0) is 41.5. The fourth-order valence-electron chi connectivity index (χ4n) is 4.88. The average Bonchev–Trinajstić information content (AvgIpc) is 3.67. The van der Waals surface area contributed by atoms with Crippen LogP contribution < -0.4 is 19.6 Å². The largest absolute Gasteiger partial charge is 0.481 e. The first-order valence-corrected chi connectivity index (χ1v) is 19.7. The summed E-state index contributed by atoms with van der Waals surface area (Å²) in [6.45, 7) is 10.3. The molecule has 0 spiro atoms. The van der Waals surface area contributed by atoms with Gasteiger partial charge in [-0.1, -0.05) is 37.9 Å². The number of thiophene rings is 1. The summed E-state index contributed by atoms with van der Waals surface area (Å²) < 4.78 is 57.2. The van der Waals surface area contributed by atoms with E-state index in [-0.39, 0.29) is 90.3 Å². The van der Waals surface area contributed by atoms with Crippen LogP contribution in [-0.2, 0) is 52.3 Å². The fraction of sp³-hybridized carbons (Fsp3) is 0.341. The smallest absolute Gasteiger partial charge is 0.330 e. The van der Waals surface area contributed by atoms with Gasteiger partial charge in [0.2, 0.25) is 0 Å². The van der Waals surface area contributed by atoms with Gasteiger partial charge < -0.3 is 47.4 Å². The molecular weight excluding hydrogens is 797 g/mol. The molecule has 0 aliphatic rings. The second-order valence-electron chi connectivity index (χ2n) is 11.8. The van der Waals surface area contributed by atoms with Gasteiger partial charge in [-0.25, -0.2) is 14.4 Å². The van der Waals surface area contributed by atoms with E-state index in [1.165, 1.54) is 22.7 Å². The Morgan fingerprint density at radius 3 is 1.59 bits per heavy atom. The van der Waals surface area contributed by atoms with Crippen molar-refractivity contribution in [3.63, 3.8) is 0 Å². The summed E-state index contributed by atoms with van der Waals surface area (Å²) in [5, 5.41) is 4.50. The number of esters is 4. The molecule has 4 rings (SSSR count). The molecule has 15 nitrogen and oxygen atoms in total. The van der Waals surface area contributed by atoms with Gasteiger partial charge in [-0.05, 0) is 24.3 Å². The summed E-state index contributed by atoms with van der Waals surface area (Å²) in [5.74, 6) is -1.30. The molecule has 0 N–H and O–H groups in total. The van der Waals surface area contributed by atoms with Crippen LogP contribution in [0.3, 0.4) is 0 Å². The molecule has 0 bridgehead atoms. The summed E-state index contributed by atoms with van der Waals surface area (Å²) in [4.78, 5) is 60.1. The zero-order valence-corrected chi connectivity index (χ0v) is 33.3. The second-order valence-corrected chi connectivity index (χ2v) is 13.6. The van der Waals surface area contributed by atoms with Gasteiger partial charge in [0, 0.05) is 44.5 Å². The number of carbonyl (C=O) groups excluding carboxylic acids is 4. The van der Waals surface area contributed by atoms with E-state index in [9.17, 15) is 24.0 Å². The first-order valence-electron chi connectivity index (χ1n) is 18.0. The van der Waals surface area contributed by atoms with Crippen LogP contribution in [0.2, 0.25) is 0 Å². The number of fused-ring (bicyclic) bond motifs is 2. The van der Waals surface area contributed by atoms with E-state index in [4.69, 9.17) is 47.4 Å². The SMILES string of the molecule is C=CC(=O)OCCOCC(COCCOC(=O)C=C)Oc1cscc1OC(COCCOC(=O)C=C)COCCC(=O)Oc1cccc2c(=O)c3ccccc3sc12. The van der Waals surface area contributed by atoms with Crippen LogP contribution in [0.1, 0.15) is 6.42 Å². The summed E-state index contributed by atoms with van der Waals surface area (Å²) in [5.41, 5.74) is -0.137. The molecule has 0 aliphatic carbocycles. The third-order valence-electron chi connectivity index (χ3n) is 7.55. The maximum atomic E-state index is 13.1. The van der Waals surface area contributed by atoms with E-state index >= 15 is 0 Å². The van der Waals surface area contributed by atoms with Crippen molar-refractivity contribution in [3.8, 4) is 17.2 Å². The lowest BCUT2D eigenvalue weighted by Crippen LogP contribution is -2.32. The van der Waals surface area contributed by atoms with Gasteiger partial charge in [0.1, 0.15) is 37.8 Å². The molecule has 2 heterocycles. The Morgan fingerprint density at radius 1 is 0.586 bits per heavy atom. The molecule has 1 unspecified atom stereocenters. The average molecular weight is 841 g/mol. The van der Waals surface area contributed by atoms with Crippen LogP contribution in [-0.4, -0.2) is 109 Å². The summed E-state index contributed by atoms with van der Waals surface area (Å²) >= 11 is 2.67. The molecular formula is C41H44O15S2. The van der Waals surface area contributed by atoms with Gasteiger partial charge in [-0.3, -0.25) is 9.59 Å². The zero-order valence-electron chi connectivity index (χ0n) is 31.6. The van der Waals surface area contributed by atoms with Gasteiger partial charge in [-0.15, -0.1) is 22.7 Å². The molecule has 0 saturated carbocycles. The molecule has 0 aliphatic heterocycles. The first kappa shape index (κ1) is 45.3. The van der Waals surface area contributed by atoms with Crippen molar-refractivity contribution in [1.29, 1.82) is 0 Å². The highest BCUT2D eigenvalue weighted by atomic mass is 32.1. The van der Waals surface area contributed by atoms with E-state index in [2.05, 4.69) is 19.7 Å². The minimum atomic E-state index is -0.711. The van der Waals surface area contributed by atoms with Crippen LogP contribution in [0, 0.1) is 0 Å². The molecule has 2 aromatic carbocycles. The Kier molecular flexibility index (Phi) is 19.5. The summed E-state index contributed by atoms with van der Waals surface area (Å²) in [6.07, 6.45) is 1.67. The first-order chi connectivity index (χ1) is 28.2. The topological polar surface area (TPSA) is 178 Å². The molecule has 2 aromatic heterocycles. The van der Waals surface area contributed by atoms with Gasteiger partial charge in [0.05, 0.1) is 64.0 Å². The Hall–Kier alpha value is -5.43. The van der Waals surface area contributed by atoms with Crippen molar-refractivity contribution in [2.24, 2.45) is 0 Å². The third-order valence-corrected chi connectivity index (χ3v) is 9.45. The monoisotopic (exact) mass is 840 g/mol. The number of ether oxygens (including phenoxy) is 10. The summed E-state index contributed by atoms with van der Waals surface area (Å²) in [7, 11) is 0. The van der Waals surface area contributed by atoms with Crippen molar-refractivity contribution in [1.82, 2.24) is 0 Å². The van der Waals surface area contributed by atoms with E-state index in [1.54, 1.807) is 41.1 Å². The van der Waals surface area contributed by atoms with Crippen LogP contribution in [0.15, 0.2) is 96.0 Å². The lowest BCUT2D eigenvalue weighted by atomic mass is 10.2. The van der Waals surface area contributed by atoms with Crippen molar-refractivity contribution in [3.05, 3.63) is 101 Å². The highest BCUT2D eigenvalue weighted by molar-refractivity contribution is 7.24. The Labute approximate surface area is 342 Å². The van der Waals surface area contributed by atoms with Crippen LogP contribution in [0.5, 0.6) is 17.2 Å². The normalized spacial score (nSPS) is 11.5. The van der Waals surface area contributed by atoms with E-state index in [1.807, 2.05) is 12.1 Å². The predicted molar refractivity (Wildman–Crippen MR) is 216 cm³/mol. The standard InChI is InChI=1S/C41H44O15S2/c1-4-36(42)51-19-16-48-23-28(22-47-15-14-39(45)56-32-12-9-11-31-40(46)30-10-7-8-13-35(30)58-41(31)32)54-33-26-57-27-34(33)55-29(24-49-17-20-52-37(43)5-2)25-50-18-21-53-38(44)6-3/h4-13,26-29H,1-3,14-25H2. The molecule has 58 heavy (non-hydrogen) atoms. The quantitative estimate of drug-likeness (QED) is 0.0181. The second kappa shape index (κ2) is 25.0. The van der Waals surface area contributed by atoms with Crippen molar-refractivity contribution in [2.45, 2.75) is 18.6 Å². The minimum absolute atomic E-state index is 0.00173. The van der Waals surface area contributed by atoms with Crippen molar-refractivity contribution < 1.29 is 66.5 Å². The molecule has 1 atom stereocenters. The number of hydrogen-bond acceptors (Lipinski definition) is 17. The molecule has 310 valence electrons. The predicted octanol–water partition coefficient (Wildman–Crippen LogP) is 5.22. The number of rotatable bonds is 28. The van der Waals surface area contributed by atoms with Crippen molar-refractivity contribution in [2.75, 3.05) is 72.7 Å². The molecule has 0 fully saturated rings. The summed E-state index contributed by atoms with van der Waals surface area (Å²) in [6, 6.07) is 12.3. The molecule has 17 heteroatoms. The van der Waals surface area contributed by atoms with E-state index < -0.39 is 36.1 Å². The number of benzene rings is 2. The lowest BCUT2D eigenvalue weighted by molar-refractivity contribution is -0.140. The Morgan fingerprint density at radius 2 is 1.07 bits per heavy atom. The highest BCUT2D eigenvalue weighted by Crippen LogP contribution is 2.34. The van der Waals surface area contributed by atoms with Gasteiger partial charge in [-0.2, -0.15) is 0 Å². The van der Waals surface area contributed by atoms with Gasteiger partial charge >= 0.3 is 23.9 Å². The Bertz CT molecular complexity index is 2030. The van der Waals surface area contributed by atoms with Crippen LogP contribution >= 0.6 is 22.7 Å². The minimum Gasteiger partial charge on any atom is -0.481 e. The maximum absolute atomic E-state index is 13.1. The van der Waals surface area contributed by atoms with Gasteiger partial charge in [0.15, 0.2) is 16.9 Å². The van der Waals surface area contributed by atoms with E-state index in [0.717, 1.165) is 22.9 Å². The number of hydrogen-bond donors (Lipinski definition) is 0. The molecule has 0 amide bonds. The fourth-order valence-corrected chi connectivity index (χ4v) is 6.66. The van der Waals surface area contributed by atoms with Crippen molar-refractivity contribution >= 4 is 66.7 Å². The third kappa shape index (κ3) is 15.1. The highest BCUT2D eigenvalue weighted by Gasteiger charge is 2.21. The lowest BCUT2D eigenvalue weighted by Gasteiger charge is -2.22. The Balaban J connectivity index is 1.35. The van der Waals surface area contributed by atoms with E-state index in [0.29, 0.717) is 27.0 Å². The van der Waals surface area contributed by atoms with Gasteiger partial charge in [0.25, 0.3) is 0 Å². The molecule has 4 aromatic rings. The molecule has 0 radical (unpaired) electrons. The maximum Gasteiger partial charge on any atom is 0.330 e. The molecule has 0 saturated heterocycles. The van der Waals surface area contributed by atoms with Crippen LogP contribution in [0.4, 0.5) is 0 Å². The van der Waals surface area contributed by atoms with Crippen LogP contribution in [0.25, 0.3) is 20.2 Å². The number of carbonyl (C=O) groups is 4.